The summed E-state index contributed by atoms with van der Waals surface area (Å²) in [5.41, 5.74) is 0. The average Bonchev–Trinajstić information content (AvgIpc) is 2.44. The standard InChI is InChI=1S/C15H19BrN2O3/c1-2-6-17-10-15(20)18(11-14(17)19)7-8-21-13-5-3-4-12(16)9-13/h3-5,9H,2,6-8,10-11H2,1H3. The molecule has 2 amide bonds. The van der Waals surface area contributed by atoms with Gasteiger partial charge in [0, 0.05) is 11.0 Å². The summed E-state index contributed by atoms with van der Waals surface area (Å²) in [7, 11) is 0. The molecule has 0 N–H and O–H groups in total. The SMILES string of the molecule is CCCN1CC(=O)N(CCOc2cccc(Br)c2)CC1=O. The Morgan fingerprint density at radius 3 is 2.43 bits per heavy atom. The van der Waals surface area contributed by atoms with E-state index >= 15 is 0 Å². The van der Waals surface area contributed by atoms with Crippen LogP contribution in [0.4, 0.5) is 0 Å². The van der Waals surface area contributed by atoms with Crippen LogP contribution < -0.4 is 4.74 Å². The second-order valence-electron chi connectivity index (χ2n) is 4.94. The molecule has 0 unspecified atom stereocenters. The Bertz CT molecular complexity index is 521. The second kappa shape index (κ2) is 7.45. The van der Waals surface area contributed by atoms with Crippen molar-refractivity contribution in [1.29, 1.82) is 0 Å². The molecule has 0 aliphatic carbocycles. The van der Waals surface area contributed by atoms with Gasteiger partial charge in [0.25, 0.3) is 0 Å². The number of carbonyl (C=O) groups excluding carboxylic acids is 2. The van der Waals surface area contributed by atoms with Crippen molar-refractivity contribution in [2.24, 2.45) is 0 Å². The van der Waals surface area contributed by atoms with E-state index in [2.05, 4.69) is 15.9 Å². The summed E-state index contributed by atoms with van der Waals surface area (Å²) in [6.45, 7) is 3.79. The first-order valence-corrected chi connectivity index (χ1v) is 7.83. The Kier molecular flexibility index (Phi) is 5.61. The average molecular weight is 355 g/mol. The minimum Gasteiger partial charge on any atom is -0.492 e. The van der Waals surface area contributed by atoms with E-state index in [0.29, 0.717) is 19.7 Å². The molecule has 1 aliphatic heterocycles. The third-order valence-corrected chi connectivity index (χ3v) is 3.77. The van der Waals surface area contributed by atoms with Crippen molar-refractivity contribution in [3.05, 3.63) is 28.7 Å². The predicted octanol–water partition coefficient (Wildman–Crippen LogP) is 1.91. The van der Waals surface area contributed by atoms with E-state index in [1.54, 1.807) is 9.80 Å². The van der Waals surface area contributed by atoms with Crippen molar-refractivity contribution >= 4 is 27.7 Å². The highest BCUT2D eigenvalue weighted by atomic mass is 79.9. The zero-order chi connectivity index (χ0) is 15.2. The molecule has 2 rings (SSSR count). The van der Waals surface area contributed by atoms with Gasteiger partial charge in [0.15, 0.2) is 0 Å². The smallest absolute Gasteiger partial charge is 0.242 e. The van der Waals surface area contributed by atoms with Gasteiger partial charge in [0.05, 0.1) is 19.6 Å². The third-order valence-electron chi connectivity index (χ3n) is 3.28. The lowest BCUT2D eigenvalue weighted by molar-refractivity contribution is -0.150. The van der Waals surface area contributed by atoms with E-state index in [1.807, 2.05) is 31.2 Å². The zero-order valence-electron chi connectivity index (χ0n) is 12.0. The van der Waals surface area contributed by atoms with E-state index in [9.17, 15) is 9.59 Å². The summed E-state index contributed by atoms with van der Waals surface area (Å²) in [5.74, 6) is 0.743. The molecule has 21 heavy (non-hydrogen) atoms. The van der Waals surface area contributed by atoms with Gasteiger partial charge in [-0.05, 0) is 24.6 Å². The van der Waals surface area contributed by atoms with Crippen LogP contribution in [0.1, 0.15) is 13.3 Å². The third kappa shape index (κ3) is 4.46. The summed E-state index contributed by atoms with van der Waals surface area (Å²) < 4.78 is 6.54. The van der Waals surface area contributed by atoms with Crippen LogP contribution in [0.2, 0.25) is 0 Å². The van der Waals surface area contributed by atoms with Crippen LogP contribution >= 0.6 is 15.9 Å². The van der Waals surface area contributed by atoms with Gasteiger partial charge in [-0.15, -0.1) is 0 Å². The van der Waals surface area contributed by atoms with Gasteiger partial charge >= 0.3 is 0 Å². The van der Waals surface area contributed by atoms with Crippen molar-refractivity contribution in [3.8, 4) is 5.75 Å². The molecule has 114 valence electrons. The molecule has 0 aromatic heterocycles. The summed E-state index contributed by atoms with van der Waals surface area (Å²) in [5, 5.41) is 0. The number of hydrogen-bond acceptors (Lipinski definition) is 3. The normalized spacial score (nSPS) is 15.5. The van der Waals surface area contributed by atoms with Gasteiger partial charge in [-0.25, -0.2) is 0 Å². The molecular weight excluding hydrogens is 336 g/mol. The van der Waals surface area contributed by atoms with Crippen LogP contribution in [-0.2, 0) is 9.59 Å². The van der Waals surface area contributed by atoms with Gasteiger partial charge in [-0.2, -0.15) is 0 Å². The number of hydrogen-bond donors (Lipinski definition) is 0. The molecule has 0 spiro atoms. The first kappa shape index (κ1) is 15.8. The van der Waals surface area contributed by atoms with Gasteiger partial charge in [-0.3, -0.25) is 9.59 Å². The molecule has 0 saturated carbocycles. The first-order valence-electron chi connectivity index (χ1n) is 7.04. The maximum absolute atomic E-state index is 12.0. The van der Waals surface area contributed by atoms with E-state index in [1.165, 1.54) is 0 Å². The Balaban J connectivity index is 1.81. The fourth-order valence-corrected chi connectivity index (χ4v) is 2.59. The molecule has 5 nitrogen and oxygen atoms in total. The summed E-state index contributed by atoms with van der Waals surface area (Å²) in [6.07, 6.45) is 0.866. The number of piperazine rings is 1. The lowest BCUT2D eigenvalue weighted by Crippen LogP contribution is -2.54. The van der Waals surface area contributed by atoms with Crippen LogP contribution in [0, 0.1) is 0 Å². The van der Waals surface area contributed by atoms with Crippen LogP contribution in [0.25, 0.3) is 0 Å². The molecule has 1 aromatic rings. The Morgan fingerprint density at radius 1 is 1.14 bits per heavy atom. The van der Waals surface area contributed by atoms with Crippen molar-refractivity contribution < 1.29 is 14.3 Å². The molecule has 1 fully saturated rings. The summed E-state index contributed by atoms with van der Waals surface area (Å²) in [6, 6.07) is 7.53. The molecule has 1 saturated heterocycles. The van der Waals surface area contributed by atoms with Crippen molar-refractivity contribution in [1.82, 2.24) is 9.80 Å². The van der Waals surface area contributed by atoms with Crippen LogP contribution in [-0.4, -0.2) is 54.4 Å². The highest BCUT2D eigenvalue weighted by Crippen LogP contribution is 2.17. The van der Waals surface area contributed by atoms with E-state index in [-0.39, 0.29) is 24.9 Å². The zero-order valence-corrected chi connectivity index (χ0v) is 13.6. The molecular formula is C15H19BrN2O3. The molecule has 6 heteroatoms. The largest absolute Gasteiger partial charge is 0.492 e. The Hall–Kier alpha value is -1.56. The fraction of sp³-hybridized carbons (Fsp3) is 0.467. The number of ether oxygens (including phenoxy) is 1. The highest BCUT2D eigenvalue weighted by Gasteiger charge is 2.28. The number of rotatable bonds is 6. The number of nitrogens with zero attached hydrogens (tertiary/aromatic N) is 2. The molecule has 1 aromatic carbocycles. The van der Waals surface area contributed by atoms with Gasteiger partial charge in [-0.1, -0.05) is 28.9 Å². The number of carbonyl (C=O) groups is 2. The van der Waals surface area contributed by atoms with E-state index < -0.39 is 0 Å². The van der Waals surface area contributed by atoms with Gasteiger partial charge < -0.3 is 14.5 Å². The molecule has 0 bridgehead atoms. The summed E-state index contributed by atoms with van der Waals surface area (Å²) in [4.78, 5) is 27.1. The Labute approximate surface area is 133 Å². The van der Waals surface area contributed by atoms with Crippen LogP contribution in [0.3, 0.4) is 0 Å². The van der Waals surface area contributed by atoms with Crippen LogP contribution in [0.5, 0.6) is 5.75 Å². The van der Waals surface area contributed by atoms with Crippen molar-refractivity contribution in [3.63, 3.8) is 0 Å². The quantitative estimate of drug-likeness (QED) is 0.783. The Morgan fingerprint density at radius 2 is 1.81 bits per heavy atom. The van der Waals surface area contributed by atoms with Gasteiger partial charge in [0.2, 0.25) is 11.8 Å². The predicted molar refractivity (Wildman–Crippen MR) is 83.1 cm³/mol. The maximum atomic E-state index is 12.0. The minimum absolute atomic E-state index is 0.0129. The second-order valence-corrected chi connectivity index (χ2v) is 5.85. The molecule has 1 aliphatic rings. The number of halogens is 1. The number of benzene rings is 1. The monoisotopic (exact) mass is 354 g/mol. The van der Waals surface area contributed by atoms with E-state index in [4.69, 9.17) is 4.74 Å². The minimum atomic E-state index is -0.0131. The molecule has 0 atom stereocenters. The van der Waals surface area contributed by atoms with Crippen molar-refractivity contribution in [2.45, 2.75) is 13.3 Å². The first-order chi connectivity index (χ1) is 10.1. The van der Waals surface area contributed by atoms with Crippen molar-refractivity contribution in [2.75, 3.05) is 32.8 Å². The lowest BCUT2D eigenvalue weighted by Gasteiger charge is -2.33. The lowest BCUT2D eigenvalue weighted by atomic mass is 10.2. The van der Waals surface area contributed by atoms with Crippen LogP contribution in [0.15, 0.2) is 28.7 Å². The summed E-state index contributed by atoms with van der Waals surface area (Å²) >= 11 is 3.37. The maximum Gasteiger partial charge on any atom is 0.242 e. The number of amides is 2. The molecule has 1 heterocycles. The van der Waals surface area contributed by atoms with Gasteiger partial charge in [0.1, 0.15) is 12.4 Å². The fourth-order valence-electron chi connectivity index (χ4n) is 2.21. The topological polar surface area (TPSA) is 49.9 Å². The molecule has 0 radical (unpaired) electrons. The highest BCUT2D eigenvalue weighted by molar-refractivity contribution is 9.10. The van der Waals surface area contributed by atoms with E-state index in [0.717, 1.165) is 16.6 Å².